The minimum absolute atomic E-state index is 0.00662. The molecule has 1 aromatic carbocycles. The Morgan fingerprint density at radius 1 is 1.44 bits per heavy atom. The van der Waals surface area contributed by atoms with Gasteiger partial charge in [-0.25, -0.2) is 0 Å². The van der Waals surface area contributed by atoms with Crippen LogP contribution in [0.25, 0.3) is 10.9 Å². The zero-order valence-electron chi connectivity index (χ0n) is 8.86. The fourth-order valence-electron chi connectivity index (χ4n) is 2.20. The first-order valence-electron chi connectivity index (χ1n) is 5.57. The Labute approximate surface area is 102 Å². The summed E-state index contributed by atoms with van der Waals surface area (Å²) < 4.78 is 3.11. The van der Waals surface area contributed by atoms with Gasteiger partial charge in [0.2, 0.25) is 0 Å². The predicted octanol–water partition coefficient (Wildman–Crippen LogP) is 3.02. The molecule has 3 nitrogen and oxygen atoms in total. The topological polar surface area (TPSA) is 38.1 Å². The second kappa shape index (κ2) is 3.86. The lowest BCUT2D eigenvalue weighted by atomic mass is 9.93. The molecule has 0 atom stereocenters. The maximum Gasteiger partial charge on any atom is 0.0958 e. The van der Waals surface area contributed by atoms with Gasteiger partial charge in [0.25, 0.3) is 0 Å². The molecule has 16 heavy (non-hydrogen) atoms. The highest BCUT2D eigenvalue weighted by atomic mass is 79.9. The van der Waals surface area contributed by atoms with E-state index < -0.39 is 0 Å². The van der Waals surface area contributed by atoms with E-state index in [1.807, 2.05) is 12.1 Å². The molecule has 0 amide bonds. The molecule has 1 aliphatic carbocycles. The molecule has 3 rings (SSSR count). The number of benzene rings is 1. The minimum atomic E-state index is 0.00662. The third-order valence-corrected chi connectivity index (χ3v) is 3.81. The molecule has 0 spiro atoms. The highest BCUT2D eigenvalue weighted by Gasteiger charge is 2.23. The Morgan fingerprint density at radius 3 is 2.88 bits per heavy atom. The molecule has 1 saturated carbocycles. The van der Waals surface area contributed by atoms with E-state index in [1.165, 1.54) is 19.3 Å². The van der Waals surface area contributed by atoms with Crippen LogP contribution in [0.3, 0.4) is 0 Å². The van der Waals surface area contributed by atoms with Crippen molar-refractivity contribution < 1.29 is 5.11 Å². The average Bonchev–Trinajstić information content (AvgIpc) is 2.54. The molecule has 1 aliphatic rings. The average molecular weight is 281 g/mol. The summed E-state index contributed by atoms with van der Waals surface area (Å²) in [7, 11) is 0. The van der Waals surface area contributed by atoms with E-state index >= 15 is 0 Å². The van der Waals surface area contributed by atoms with Gasteiger partial charge >= 0.3 is 0 Å². The summed E-state index contributed by atoms with van der Waals surface area (Å²) in [6.07, 6.45) is 3.70. The molecule has 4 heteroatoms. The first kappa shape index (κ1) is 10.3. The molecular formula is C12H13BrN2O. The van der Waals surface area contributed by atoms with Crippen LogP contribution in [0.5, 0.6) is 0 Å². The van der Waals surface area contributed by atoms with Crippen molar-refractivity contribution in [1.82, 2.24) is 9.78 Å². The Kier molecular flexibility index (Phi) is 2.48. The number of hydrogen-bond donors (Lipinski definition) is 1. The van der Waals surface area contributed by atoms with Gasteiger partial charge in [0.15, 0.2) is 0 Å². The highest BCUT2D eigenvalue weighted by Crippen LogP contribution is 2.35. The van der Waals surface area contributed by atoms with Crippen molar-refractivity contribution in [2.24, 2.45) is 0 Å². The lowest BCUT2D eigenvalue weighted by Crippen LogP contribution is -2.18. The minimum Gasteiger partial charge on any atom is -0.390 e. The molecule has 1 fully saturated rings. The molecule has 1 aromatic heterocycles. The van der Waals surface area contributed by atoms with Gasteiger partial charge in [-0.3, -0.25) is 4.68 Å². The SMILES string of the molecule is OCc1nn(C2CCC2)c2ccc(Br)cc12. The quantitative estimate of drug-likeness (QED) is 0.918. The van der Waals surface area contributed by atoms with Gasteiger partial charge in [-0.15, -0.1) is 0 Å². The standard InChI is InChI=1S/C12H13BrN2O/c13-8-4-5-12-10(6-8)11(7-16)14-15(12)9-2-1-3-9/h4-6,9,16H,1-3,7H2. The van der Waals surface area contributed by atoms with E-state index in [-0.39, 0.29) is 6.61 Å². The van der Waals surface area contributed by atoms with Crippen molar-refractivity contribution in [3.8, 4) is 0 Å². The number of hydrogen-bond acceptors (Lipinski definition) is 2. The molecule has 0 saturated heterocycles. The van der Waals surface area contributed by atoms with Crippen LogP contribution in [0, 0.1) is 0 Å². The van der Waals surface area contributed by atoms with E-state index in [0.717, 1.165) is 21.1 Å². The van der Waals surface area contributed by atoms with Crippen molar-refractivity contribution in [2.75, 3.05) is 0 Å². The number of halogens is 1. The summed E-state index contributed by atoms with van der Waals surface area (Å²) in [4.78, 5) is 0. The molecule has 1 N–H and O–H groups in total. The monoisotopic (exact) mass is 280 g/mol. The van der Waals surface area contributed by atoms with Gasteiger partial charge in [-0.1, -0.05) is 15.9 Å². The van der Waals surface area contributed by atoms with E-state index in [2.05, 4.69) is 31.8 Å². The predicted molar refractivity (Wildman–Crippen MR) is 66.2 cm³/mol. The molecule has 0 unspecified atom stereocenters. The highest BCUT2D eigenvalue weighted by molar-refractivity contribution is 9.10. The van der Waals surface area contributed by atoms with Crippen LogP contribution in [0.2, 0.25) is 0 Å². The summed E-state index contributed by atoms with van der Waals surface area (Å²) in [5.41, 5.74) is 1.92. The summed E-state index contributed by atoms with van der Waals surface area (Å²) in [6, 6.07) is 6.66. The van der Waals surface area contributed by atoms with Gasteiger partial charge in [-0.2, -0.15) is 5.10 Å². The van der Waals surface area contributed by atoms with E-state index in [0.29, 0.717) is 6.04 Å². The van der Waals surface area contributed by atoms with Crippen LogP contribution in [0.4, 0.5) is 0 Å². The van der Waals surface area contributed by atoms with Crippen molar-refractivity contribution >= 4 is 26.8 Å². The van der Waals surface area contributed by atoms with Crippen LogP contribution in [0.15, 0.2) is 22.7 Å². The number of aliphatic hydroxyl groups excluding tert-OH is 1. The second-order valence-corrected chi connectivity index (χ2v) is 5.21. The number of aromatic nitrogens is 2. The second-order valence-electron chi connectivity index (χ2n) is 4.30. The molecule has 2 aromatic rings. The molecule has 0 bridgehead atoms. The number of aliphatic hydroxyl groups is 1. The Balaban J connectivity index is 2.21. The zero-order valence-corrected chi connectivity index (χ0v) is 10.4. The maximum absolute atomic E-state index is 9.32. The third-order valence-electron chi connectivity index (χ3n) is 3.32. The van der Waals surface area contributed by atoms with E-state index in [9.17, 15) is 5.11 Å². The smallest absolute Gasteiger partial charge is 0.0958 e. The Morgan fingerprint density at radius 2 is 2.25 bits per heavy atom. The van der Waals surface area contributed by atoms with E-state index in [1.54, 1.807) is 0 Å². The van der Waals surface area contributed by atoms with Gasteiger partial charge in [0.1, 0.15) is 0 Å². The number of rotatable bonds is 2. The van der Waals surface area contributed by atoms with Gasteiger partial charge in [0, 0.05) is 9.86 Å². The first-order chi connectivity index (χ1) is 7.79. The molecule has 0 aliphatic heterocycles. The van der Waals surface area contributed by atoms with Crippen LogP contribution in [-0.2, 0) is 6.61 Å². The van der Waals surface area contributed by atoms with Gasteiger partial charge < -0.3 is 5.11 Å². The molecule has 84 valence electrons. The molecule has 1 heterocycles. The maximum atomic E-state index is 9.32. The summed E-state index contributed by atoms with van der Waals surface area (Å²) in [6.45, 7) is 0.00662. The van der Waals surface area contributed by atoms with Gasteiger partial charge in [0.05, 0.1) is 23.9 Å². The summed E-state index contributed by atoms with van der Waals surface area (Å²) >= 11 is 3.45. The lowest BCUT2D eigenvalue weighted by Gasteiger charge is -2.26. The van der Waals surface area contributed by atoms with Crippen LogP contribution in [-0.4, -0.2) is 14.9 Å². The summed E-state index contributed by atoms with van der Waals surface area (Å²) in [5, 5.41) is 14.9. The van der Waals surface area contributed by atoms with Crippen molar-refractivity contribution in [2.45, 2.75) is 31.9 Å². The zero-order chi connectivity index (χ0) is 11.1. The number of nitrogens with zero attached hydrogens (tertiary/aromatic N) is 2. The van der Waals surface area contributed by atoms with Crippen molar-refractivity contribution in [3.63, 3.8) is 0 Å². The lowest BCUT2D eigenvalue weighted by molar-refractivity contribution is 0.264. The fraction of sp³-hybridized carbons (Fsp3) is 0.417. The summed E-state index contributed by atoms with van der Waals surface area (Å²) in [5.74, 6) is 0. The fourth-order valence-corrected chi connectivity index (χ4v) is 2.56. The normalized spacial score (nSPS) is 16.6. The third kappa shape index (κ3) is 1.48. The van der Waals surface area contributed by atoms with Crippen LogP contribution >= 0.6 is 15.9 Å². The Bertz CT molecular complexity index is 531. The largest absolute Gasteiger partial charge is 0.390 e. The van der Waals surface area contributed by atoms with Gasteiger partial charge in [-0.05, 0) is 37.5 Å². The van der Waals surface area contributed by atoms with Crippen LogP contribution in [0.1, 0.15) is 31.0 Å². The first-order valence-corrected chi connectivity index (χ1v) is 6.36. The molecule has 0 radical (unpaired) electrons. The Hall–Kier alpha value is -0.870. The van der Waals surface area contributed by atoms with Crippen molar-refractivity contribution in [1.29, 1.82) is 0 Å². The number of fused-ring (bicyclic) bond motifs is 1. The van der Waals surface area contributed by atoms with E-state index in [4.69, 9.17) is 0 Å². The van der Waals surface area contributed by atoms with Crippen molar-refractivity contribution in [3.05, 3.63) is 28.4 Å². The molecular weight excluding hydrogens is 268 g/mol. The van der Waals surface area contributed by atoms with Crippen LogP contribution < -0.4 is 0 Å².